The van der Waals surface area contributed by atoms with Crippen LogP contribution < -0.4 is 10.1 Å². The molecule has 0 amide bonds. The summed E-state index contributed by atoms with van der Waals surface area (Å²) in [6, 6.07) is 8.39. The summed E-state index contributed by atoms with van der Waals surface area (Å²) in [7, 11) is 2.23. The second-order valence-electron chi connectivity index (χ2n) is 5.98. The lowest BCUT2D eigenvalue weighted by molar-refractivity contribution is 0.192. The number of nitrogens with one attached hydrogen (secondary N) is 1. The number of nitrogens with zero attached hydrogens (tertiary/aromatic N) is 1. The molecule has 0 spiro atoms. The van der Waals surface area contributed by atoms with Crippen molar-refractivity contribution in [1.82, 2.24) is 10.2 Å². The minimum Gasteiger partial charge on any atom is -0.488 e. The van der Waals surface area contributed by atoms with E-state index in [2.05, 4.69) is 35.5 Å². The smallest absolute Gasteiger partial charge is 0.123 e. The zero-order valence-electron chi connectivity index (χ0n) is 11.8. The third-order valence-electron chi connectivity index (χ3n) is 4.24. The van der Waals surface area contributed by atoms with E-state index in [4.69, 9.17) is 4.74 Å². The lowest BCUT2D eigenvalue weighted by atomic mass is 9.98. The van der Waals surface area contributed by atoms with Gasteiger partial charge in [-0.3, -0.25) is 0 Å². The van der Waals surface area contributed by atoms with Crippen LogP contribution in [0.4, 0.5) is 0 Å². The largest absolute Gasteiger partial charge is 0.488 e. The van der Waals surface area contributed by atoms with Crippen LogP contribution in [0.15, 0.2) is 24.3 Å². The zero-order valence-corrected chi connectivity index (χ0v) is 11.8. The van der Waals surface area contributed by atoms with Gasteiger partial charge < -0.3 is 15.0 Å². The van der Waals surface area contributed by atoms with Crippen molar-refractivity contribution in [2.24, 2.45) is 5.92 Å². The van der Waals surface area contributed by atoms with Gasteiger partial charge in [0.2, 0.25) is 0 Å². The van der Waals surface area contributed by atoms with Crippen LogP contribution in [0.5, 0.6) is 5.75 Å². The number of likely N-dealkylation sites (tertiary alicyclic amines) is 1. The van der Waals surface area contributed by atoms with Crippen LogP contribution in [0.2, 0.25) is 0 Å². The van der Waals surface area contributed by atoms with Crippen LogP contribution in [-0.4, -0.2) is 44.2 Å². The number of rotatable bonds is 4. The maximum atomic E-state index is 5.94. The summed E-state index contributed by atoms with van der Waals surface area (Å²) in [5, 5.41) is 3.60. The fourth-order valence-electron chi connectivity index (χ4n) is 3.26. The zero-order chi connectivity index (χ0) is 13.1. The predicted octanol–water partition coefficient (Wildman–Crippen LogP) is 1.92. The Morgan fingerprint density at radius 3 is 3.05 bits per heavy atom. The Morgan fingerprint density at radius 2 is 2.21 bits per heavy atom. The topological polar surface area (TPSA) is 24.5 Å². The fraction of sp³-hybridized carbons (Fsp3) is 0.625. The molecule has 3 heteroatoms. The molecule has 0 aliphatic carbocycles. The quantitative estimate of drug-likeness (QED) is 0.895. The monoisotopic (exact) mass is 260 g/mol. The van der Waals surface area contributed by atoms with Crippen molar-refractivity contribution < 1.29 is 4.74 Å². The van der Waals surface area contributed by atoms with E-state index in [1.54, 1.807) is 0 Å². The van der Waals surface area contributed by atoms with Crippen LogP contribution in [0.1, 0.15) is 18.4 Å². The van der Waals surface area contributed by atoms with E-state index in [0.29, 0.717) is 6.10 Å². The lowest BCUT2D eigenvalue weighted by Gasteiger charge is -2.30. The molecule has 1 aromatic carbocycles. The highest BCUT2D eigenvalue weighted by molar-refractivity contribution is 5.37. The highest BCUT2D eigenvalue weighted by atomic mass is 16.5. The number of para-hydroxylation sites is 1. The third kappa shape index (κ3) is 3.28. The summed E-state index contributed by atoms with van der Waals surface area (Å²) >= 11 is 0. The van der Waals surface area contributed by atoms with Crippen molar-refractivity contribution in [3.05, 3.63) is 29.8 Å². The Bertz CT molecular complexity index is 396. The molecule has 1 saturated heterocycles. The SMILES string of the molecule is CN1CCCC(CNCC2Cc3ccccc3O2)C1. The molecule has 2 atom stereocenters. The summed E-state index contributed by atoms with van der Waals surface area (Å²) in [5.41, 5.74) is 1.35. The maximum absolute atomic E-state index is 5.94. The van der Waals surface area contributed by atoms with Gasteiger partial charge in [0.1, 0.15) is 11.9 Å². The number of hydrogen-bond acceptors (Lipinski definition) is 3. The van der Waals surface area contributed by atoms with Crippen LogP contribution in [-0.2, 0) is 6.42 Å². The second-order valence-corrected chi connectivity index (χ2v) is 5.98. The van der Waals surface area contributed by atoms with Crippen molar-refractivity contribution in [1.29, 1.82) is 0 Å². The van der Waals surface area contributed by atoms with Crippen molar-refractivity contribution in [3.8, 4) is 5.75 Å². The van der Waals surface area contributed by atoms with Crippen molar-refractivity contribution in [2.45, 2.75) is 25.4 Å². The third-order valence-corrected chi connectivity index (χ3v) is 4.24. The van der Waals surface area contributed by atoms with Crippen LogP contribution in [0.3, 0.4) is 0 Å². The molecule has 19 heavy (non-hydrogen) atoms. The van der Waals surface area contributed by atoms with E-state index in [0.717, 1.165) is 31.2 Å². The normalized spacial score (nSPS) is 27.0. The summed E-state index contributed by atoms with van der Waals surface area (Å²) < 4.78 is 5.94. The molecule has 1 fully saturated rings. The summed E-state index contributed by atoms with van der Waals surface area (Å²) in [5.74, 6) is 1.88. The molecule has 2 unspecified atom stereocenters. The predicted molar refractivity (Wildman–Crippen MR) is 77.7 cm³/mol. The second kappa shape index (κ2) is 5.93. The Labute approximate surface area is 115 Å². The molecule has 1 aromatic rings. The molecular formula is C16H24N2O. The minimum absolute atomic E-state index is 0.318. The first-order chi connectivity index (χ1) is 9.31. The van der Waals surface area contributed by atoms with E-state index < -0.39 is 0 Å². The molecule has 3 nitrogen and oxygen atoms in total. The van der Waals surface area contributed by atoms with E-state index in [9.17, 15) is 0 Å². The molecule has 2 heterocycles. The first kappa shape index (κ1) is 12.9. The lowest BCUT2D eigenvalue weighted by Crippen LogP contribution is -2.39. The van der Waals surface area contributed by atoms with Gasteiger partial charge in [-0.2, -0.15) is 0 Å². The minimum atomic E-state index is 0.318. The molecule has 0 aromatic heterocycles. The Balaban J connectivity index is 1.40. The van der Waals surface area contributed by atoms with Gasteiger partial charge in [-0.1, -0.05) is 18.2 Å². The molecule has 2 aliphatic rings. The van der Waals surface area contributed by atoms with E-state index in [-0.39, 0.29) is 0 Å². The number of hydrogen-bond donors (Lipinski definition) is 1. The van der Waals surface area contributed by atoms with Crippen LogP contribution in [0, 0.1) is 5.92 Å². The molecule has 0 bridgehead atoms. The summed E-state index contributed by atoms with van der Waals surface area (Å²) in [6.07, 6.45) is 4.07. The van der Waals surface area contributed by atoms with Gasteiger partial charge in [-0.05, 0) is 50.5 Å². The van der Waals surface area contributed by atoms with Gasteiger partial charge in [0.25, 0.3) is 0 Å². The standard InChI is InChI=1S/C16H24N2O/c1-18-8-4-5-13(12-18)10-17-11-15-9-14-6-2-3-7-16(14)19-15/h2-3,6-7,13,15,17H,4-5,8-12H2,1H3. The number of piperidine rings is 1. The average molecular weight is 260 g/mol. The van der Waals surface area contributed by atoms with Gasteiger partial charge in [0.15, 0.2) is 0 Å². The molecule has 104 valence electrons. The number of benzene rings is 1. The van der Waals surface area contributed by atoms with Gasteiger partial charge in [-0.15, -0.1) is 0 Å². The van der Waals surface area contributed by atoms with Crippen molar-refractivity contribution in [2.75, 3.05) is 33.2 Å². The molecule has 1 N–H and O–H groups in total. The van der Waals surface area contributed by atoms with Crippen molar-refractivity contribution >= 4 is 0 Å². The van der Waals surface area contributed by atoms with E-state index >= 15 is 0 Å². The number of ether oxygens (including phenoxy) is 1. The molecule has 2 aliphatic heterocycles. The Morgan fingerprint density at radius 1 is 1.32 bits per heavy atom. The summed E-state index contributed by atoms with van der Waals surface area (Å²) in [6.45, 7) is 4.59. The van der Waals surface area contributed by atoms with Gasteiger partial charge >= 0.3 is 0 Å². The fourth-order valence-corrected chi connectivity index (χ4v) is 3.26. The Hall–Kier alpha value is -1.06. The molecule has 0 saturated carbocycles. The maximum Gasteiger partial charge on any atom is 0.123 e. The Kier molecular flexibility index (Phi) is 4.04. The first-order valence-corrected chi connectivity index (χ1v) is 7.45. The molecule has 0 radical (unpaired) electrons. The summed E-state index contributed by atoms with van der Waals surface area (Å²) in [4.78, 5) is 2.44. The van der Waals surface area contributed by atoms with E-state index in [1.165, 1.54) is 31.5 Å². The molecule has 3 rings (SSSR count). The van der Waals surface area contributed by atoms with E-state index in [1.807, 2.05) is 6.07 Å². The highest BCUT2D eigenvalue weighted by Crippen LogP contribution is 2.27. The number of fused-ring (bicyclic) bond motifs is 1. The molecular weight excluding hydrogens is 236 g/mol. The van der Waals surface area contributed by atoms with Gasteiger partial charge in [0, 0.05) is 19.5 Å². The average Bonchev–Trinajstić information content (AvgIpc) is 2.81. The van der Waals surface area contributed by atoms with Crippen molar-refractivity contribution in [3.63, 3.8) is 0 Å². The highest BCUT2D eigenvalue weighted by Gasteiger charge is 2.22. The van der Waals surface area contributed by atoms with Crippen LogP contribution >= 0.6 is 0 Å². The van der Waals surface area contributed by atoms with Crippen LogP contribution in [0.25, 0.3) is 0 Å². The van der Waals surface area contributed by atoms with Gasteiger partial charge in [-0.25, -0.2) is 0 Å². The first-order valence-electron chi connectivity index (χ1n) is 7.45. The van der Waals surface area contributed by atoms with Gasteiger partial charge in [0.05, 0.1) is 0 Å².